The van der Waals surface area contributed by atoms with Crippen molar-refractivity contribution in [1.29, 1.82) is 0 Å². The van der Waals surface area contributed by atoms with E-state index in [2.05, 4.69) is 5.32 Å². The fraction of sp³-hybridized carbons (Fsp3) is 0.900. The van der Waals surface area contributed by atoms with E-state index in [0.29, 0.717) is 18.6 Å². The minimum absolute atomic E-state index is 0.128. The molecule has 0 saturated carbocycles. The van der Waals surface area contributed by atoms with Gasteiger partial charge in [0.1, 0.15) is 0 Å². The maximum atomic E-state index is 11.3. The minimum Gasteiger partial charge on any atom is -0.393 e. The Labute approximate surface area is 95.4 Å². The largest absolute Gasteiger partial charge is 0.393 e. The van der Waals surface area contributed by atoms with Gasteiger partial charge in [0.25, 0.3) is 0 Å². The Balaban J connectivity index is 3.70. The van der Waals surface area contributed by atoms with Gasteiger partial charge in [0.2, 0.25) is 5.91 Å². The predicted molar refractivity (Wildman–Crippen MR) is 62.9 cm³/mol. The Kier molecular flexibility index (Phi) is 6.96. The first-order chi connectivity index (χ1) is 6.87. The van der Waals surface area contributed by atoms with Crippen LogP contribution in [-0.4, -0.2) is 46.4 Å². The summed E-state index contributed by atoms with van der Waals surface area (Å²) < 4.78 is 0. The van der Waals surface area contributed by atoms with Crippen LogP contribution in [0.4, 0.5) is 0 Å². The molecule has 3 N–H and O–H groups in total. The molecule has 0 spiro atoms. The van der Waals surface area contributed by atoms with E-state index in [4.69, 9.17) is 5.11 Å². The van der Waals surface area contributed by atoms with Crippen molar-refractivity contribution in [1.82, 2.24) is 5.32 Å². The molecule has 0 heterocycles. The second-order valence-corrected chi connectivity index (χ2v) is 4.96. The van der Waals surface area contributed by atoms with Crippen molar-refractivity contribution in [2.24, 2.45) is 0 Å². The lowest BCUT2D eigenvalue weighted by molar-refractivity contribution is -0.122. The summed E-state index contributed by atoms with van der Waals surface area (Å²) in [6.07, 6.45) is 2.20. The van der Waals surface area contributed by atoms with Crippen molar-refractivity contribution in [3.8, 4) is 0 Å². The number of hydrogen-bond acceptors (Lipinski definition) is 4. The molecule has 0 aromatic heterocycles. The highest BCUT2D eigenvalue weighted by Gasteiger charge is 2.20. The molecule has 0 aliphatic rings. The van der Waals surface area contributed by atoms with Gasteiger partial charge in [-0.2, -0.15) is 11.8 Å². The lowest BCUT2D eigenvalue weighted by atomic mass is 10.1. The van der Waals surface area contributed by atoms with Crippen LogP contribution in [0.3, 0.4) is 0 Å². The normalized spacial score (nSPS) is 16.9. The molecule has 2 unspecified atom stereocenters. The first-order valence-electron chi connectivity index (χ1n) is 5.03. The van der Waals surface area contributed by atoms with Gasteiger partial charge in [-0.1, -0.05) is 0 Å². The Morgan fingerprint density at radius 1 is 1.60 bits per heavy atom. The van der Waals surface area contributed by atoms with Crippen LogP contribution in [0.1, 0.15) is 26.7 Å². The molecule has 1 amide bonds. The topological polar surface area (TPSA) is 69.6 Å². The van der Waals surface area contributed by atoms with Crippen LogP contribution in [0.2, 0.25) is 0 Å². The Bertz CT molecular complexity index is 195. The fourth-order valence-corrected chi connectivity index (χ4v) is 1.80. The summed E-state index contributed by atoms with van der Waals surface area (Å²) in [4.78, 5) is 11.3. The molecule has 0 aromatic rings. The fourth-order valence-electron chi connectivity index (χ4n) is 1.08. The quantitative estimate of drug-likeness (QED) is 0.596. The summed E-state index contributed by atoms with van der Waals surface area (Å²) >= 11 is 1.54. The number of amides is 1. The minimum atomic E-state index is -0.861. The van der Waals surface area contributed by atoms with E-state index in [1.165, 1.54) is 11.8 Å². The van der Waals surface area contributed by atoms with Crippen molar-refractivity contribution < 1.29 is 15.0 Å². The zero-order valence-corrected chi connectivity index (χ0v) is 10.4. The number of hydrogen-bond donors (Lipinski definition) is 3. The Morgan fingerprint density at radius 3 is 2.67 bits per heavy atom. The highest BCUT2D eigenvalue weighted by atomic mass is 32.2. The zero-order valence-electron chi connectivity index (χ0n) is 9.62. The second kappa shape index (κ2) is 7.09. The SMILES string of the molecule is CSCC(C)(O)CNC(=O)CCC(C)O. The molecule has 0 fully saturated rings. The summed E-state index contributed by atoms with van der Waals surface area (Å²) in [6.45, 7) is 3.60. The molecule has 0 aromatic carbocycles. The van der Waals surface area contributed by atoms with Gasteiger partial charge in [0.05, 0.1) is 11.7 Å². The van der Waals surface area contributed by atoms with Crippen molar-refractivity contribution >= 4 is 17.7 Å². The first kappa shape index (κ1) is 14.7. The van der Waals surface area contributed by atoms with Gasteiger partial charge in [-0.3, -0.25) is 4.79 Å². The number of nitrogens with one attached hydrogen (secondary N) is 1. The van der Waals surface area contributed by atoms with Crippen LogP contribution in [0.15, 0.2) is 0 Å². The van der Waals surface area contributed by atoms with Crippen molar-refractivity contribution in [3.63, 3.8) is 0 Å². The molecule has 0 aliphatic carbocycles. The summed E-state index contributed by atoms with van der Waals surface area (Å²) in [5.74, 6) is 0.459. The van der Waals surface area contributed by atoms with E-state index >= 15 is 0 Å². The number of aliphatic hydroxyl groups is 2. The Hall–Kier alpha value is -0.260. The molecular weight excluding hydrogens is 214 g/mol. The highest BCUT2D eigenvalue weighted by molar-refractivity contribution is 7.98. The first-order valence-corrected chi connectivity index (χ1v) is 6.43. The molecule has 90 valence electrons. The summed E-state index contributed by atoms with van der Waals surface area (Å²) in [6, 6.07) is 0. The lowest BCUT2D eigenvalue weighted by Crippen LogP contribution is -2.42. The third-order valence-electron chi connectivity index (χ3n) is 1.91. The van der Waals surface area contributed by atoms with E-state index in [0.717, 1.165) is 0 Å². The van der Waals surface area contributed by atoms with Crippen LogP contribution in [0, 0.1) is 0 Å². The average Bonchev–Trinajstić information content (AvgIpc) is 2.11. The zero-order chi connectivity index (χ0) is 11.9. The average molecular weight is 235 g/mol. The van der Waals surface area contributed by atoms with Gasteiger partial charge in [-0.25, -0.2) is 0 Å². The molecule has 0 bridgehead atoms. The molecule has 2 atom stereocenters. The van der Waals surface area contributed by atoms with Gasteiger partial charge in [-0.05, 0) is 26.5 Å². The third kappa shape index (κ3) is 8.72. The van der Waals surface area contributed by atoms with E-state index in [-0.39, 0.29) is 12.5 Å². The van der Waals surface area contributed by atoms with Gasteiger partial charge < -0.3 is 15.5 Å². The van der Waals surface area contributed by atoms with Crippen molar-refractivity contribution in [3.05, 3.63) is 0 Å². The van der Waals surface area contributed by atoms with E-state index in [1.54, 1.807) is 13.8 Å². The Morgan fingerprint density at radius 2 is 2.20 bits per heavy atom. The molecule has 15 heavy (non-hydrogen) atoms. The lowest BCUT2D eigenvalue weighted by Gasteiger charge is -2.22. The van der Waals surface area contributed by atoms with Crippen LogP contribution < -0.4 is 5.32 Å². The number of rotatable bonds is 7. The van der Waals surface area contributed by atoms with Crippen molar-refractivity contribution in [2.45, 2.75) is 38.4 Å². The monoisotopic (exact) mass is 235 g/mol. The maximum absolute atomic E-state index is 11.3. The number of thioether (sulfide) groups is 1. The van der Waals surface area contributed by atoms with E-state index < -0.39 is 11.7 Å². The molecular formula is C10H21NO3S. The summed E-state index contributed by atoms with van der Waals surface area (Å²) in [5.41, 5.74) is -0.861. The van der Waals surface area contributed by atoms with Crippen LogP contribution in [0.25, 0.3) is 0 Å². The van der Waals surface area contributed by atoms with Crippen LogP contribution >= 0.6 is 11.8 Å². The molecule has 0 saturated heterocycles. The molecule has 4 nitrogen and oxygen atoms in total. The highest BCUT2D eigenvalue weighted by Crippen LogP contribution is 2.09. The molecule has 5 heteroatoms. The summed E-state index contributed by atoms with van der Waals surface area (Å²) in [7, 11) is 0. The molecule has 0 radical (unpaired) electrons. The van der Waals surface area contributed by atoms with Gasteiger partial charge in [0, 0.05) is 18.7 Å². The second-order valence-electron chi connectivity index (χ2n) is 4.09. The molecule has 0 aliphatic heterocycles. The van der Waals surface area contributed by atoms with Gasteiger partial charge in [-0.15, -0.1) is 0 Å². The maximum Gasteiger partial charge on any atom is 0.220 e. The summed E-state index contributed by atoms with van der Waals surface area (Å²) in [5, 5.41) is 21.4. The predicted octanol–water partition coefficient (Wildman–Crippen LogP) is 0.378. The van der Waals surface area contributed by atoms with Gasteiger partial charge in [0.15, 0.2) is 0 Å². The number of aliphatic hydroxyl groups excluding tert-OH is 1. The number of carbonyl (C=O) groups excluding carboxylic acids is 1. The number of carbonyl (C=O) groups is 1. The van der Waals surface area contributed by atoms with Crippen molar-refractivity contribution in [2.75, 3.05) is 18.6 Å². The smallest absolute Gasteiger partial charge is 0.220 e. The van der Waals surface area contributed by atoms with Crippen LogP contribution in [0.5, 0.6) is 0 Å². The van der Waals surface area contributed by atoms with Crippen LogP contribution in [-0.2, 0) is 4.79 Å². The van der Waals surface area contributed by atoms with E-state index in [9.17, 15) is 9.90 Å². The van der Waals surface area contributed by atoms with E-state index in [1.807, 2.05) is 6.26 Å². The molecule has 0 rings (SSSR count). The van der Waals surface area contributed by atoms with Gasteiger partial charge >= 0.3 is 0 Å². The standard InChI is InChI=1S/C10H21NO3S/c1-8(12)4-5-9(13)11-6-10(2,14)7-15-3/h8,12,14H,4-7H2,1-3H3,(H,11,13). The third-order valence-corrected chi connectivity index (χ3v) is 2.82.